The van der Waals surface area contributed by atoms with E-state index in [1.807, 2.05) is 42.5 Å². The van der Waals surface area contributed by atoms with Gasteiger partial charge in [-0.2, -0.15) is 14.9 Å². The van der Waals surface area contributed by atoms with Gasteiger partial charge in [-0.05, 0) is 48.1 Å². The van der Waals surface area contributed by atoms with Gasteiger partial charge in [0.1, 0.15) is 0 Å². The summed E-state index contributed by atoms with van der Waals surface area (Å²) in [6, 6.07) is 13.3. The fourth-order valence-electron chi connectivity index (χ4n) is 2.27. The molecular weight excluding hydrogens is 404 g/mol. The minimum absolute atomic E-state index is 0.399. The van der Waals surface area contributed by atoms with Crippen molar-refractivity contribution in [1.29, 1.82) is 0 Å². The molecule has 0 aliphatic rings. The number of rotatable bonds is 5. The highest BCUT2D eigenvalue weighted by atomic mass is 79.9. The molecular formula is C17H15BrN4O2S. The van der Waals surface area contributed by atoms with E-state index in [-0.39, 0.29) is 0 Å². The van der Waals surface area contributed by atoms with Crippen LogP contribution in [0.15, 0.2) is 52.0 Å². The van der Waals surface area contributed by atoms with Gasteiger partial charge >= 0.3 is 0 Å². The van der Waals surface area contributed by atoms with Crippen LogP contribution in [-0.4, -0.2) is 35.3 Å². The zero-order valence-corrected chi connectivity index (χ0v) is 16.0. The second-order valence-corrected chi connectivity index (χ2v) is 6.34. The van der Waals surface area contributed by atoms with Gasteiger partial charge in [-0.25, -0.2) is 5.10 Å². The monoisotopic (exact) mass is 418 g/mol. The molecule has 0 bridgehead atoms. The molecule has 3 rings (SSSR count). The van der Waals surface area contributed by atoms with Gasteiger partial charge in [0.25, 0.3) is 0 Å². The second kappa shape index (κ2) is 7.62. The van der Waals surface area contributed by atoms with Crippen LogP contribution in [0.25, 0.3) is 11.4 Å². The molecule has 128 valence electrons. The van der Waals surface area contributed by atoms with Gasteiger partial charge in [-0.1, -0.05) is 28.1 Å². The number of nitrogens with one attached hydrogen (secondary N) is 1. The van der Waals surface area contributed by atoms with Crippen molar-refractivity contribution in [3.8, 4) is 22.9 Å². The summed E-state index contributed by atoms with van der Waals surface area (Å²) in [7, 11) is 3.18. The van der Waals surface area contributed by atoms with E-state index in [4.69, 9.17) is 21.7 Å². The molecule has 0 aliphatic heterocycles. The molecule has 0 fully saturated rings. The standard InChI is InChI=1S/C17H15BrN4O2S/c1-23-14-7-6-12(9-15(14)24-2)16-20-21-17(25)22(16)19-10-11-4-3-5-13(18)8-11/h3-10H,1-2H3,(H,21,25)/b19-10-. The lowest BCUT2D eigenvalue weighted by atomic mass is 10.2. The van der Waals surface area contributed by atoms with Crippen LogP contribution in [0.3, 0.4) is 0 Å². The van der Waals surface area contributed by atoms with Crippen molar-refractivity contribution in [2.24, 2.45) is 5.10 Å². The van der Waals surface area contributed by atoms with Gasteiger partial charge in [0, 0.05) is 10.0 Å². The summed E-state index contributed by atoms with van der Waals surface area (Å²) in [4.78, 5) is 0. The molecule has 1 N–H and O–H groups in total. The Morgan fingerprint density at radius 2 is 1.96 bits per heavy atom. The quantitative estimate of drug-likeness (QED) is 0.496. The van der Waals surface area contributed by atoms with Crippen molar-refractivity contribution in [2.75, 3.05) is 14.2 Å². The summed E-state index contributed by atoms with van der Waals surface area (Å²) in [6.07, 6.45) is 1.72. The van der Waals surface area contributed by atoms with Gasteiger partial charge in [-0.3, -0.25) is 0 Å². The maximum atomic E-state index is 5.35. The molecule has 0 spiro atoms. The number of hydrogen-bond donors (Lipinski definition) is 1. The van der Waals surface area contributed by atoms with Crippen LogP contribution < -0.4 is 9.47 Å². The fraction of sp³-hybridized carbons (Fsp3) is 0.118. The molecule has 0 aliphatic carbocycles. The van der Waals surface area contributed by atoms with Gasteiger partial charge in [-0.15, -0.1) is 0 Å². The first-order valence-electron chi connectivity index (χ1n) is 7.32. The summed E-state index contributed by atoms with van der Waals surface area (Å²) in [5.74, 6) is 1.83. The molecule has 2 aromatic carbocycles. The number of nitrogens with zero attached hydrogens (tertiary/aromatic N) is 3. The number of aromatic nitrogens is 3. The minimum Gasteiger partial charge on any atom is -0.493 e. The van der Waals surface area contributed by atoms with Crippen LogP contribution >= 0.6 is 28.1 Å². The van der Waals surface area contributed by atoms with Crippen LogP contribution in [0, 0.1) is 4.77 Å². The number of hydrogen-bond acceptors (Lipinski definition) is 5. The molecule has 3 aromatic rings. The lowest BCUT2D eigenvalue weighted by Crippen LogP contribution is -1.96. The van der Waals surface area contributed by atoms with Gasteiger partial charge in [0.05, 0.1) is 20.4 Å². The first-order valence-corrected chi connectivity index (χ1v) is 8.52. The summed E-state index contributed by atoms with van der Waals surface area (Å²) in [5.41, 5.74) is 1.74. The molecule has 0 amide bonds. The summed E-state index contributed by atoms with van der Waals surface area (Å²) in [6.45, 7) is 0. The summed E-state index contributed by atoms with van der Waals surface area (Å²) >= 11 is 8.73. The molecule has 6 nitrogen and oxygen atoms in total. The maximum absolute atomic E-state index is 5.35. The summed E-state index contributed by atoms with van der Waals surface area (Å²) in [5, 5.41) is 11.5. The van der Waals surface area contributed by atoms with E-state index in [1.165, 1.54) is 0 Å². The van der Waals surface area contributed by atoms with Crippen molar-refractivity contribution in [3.05, 3.63) is 57.3 Å². The molecule has 0 saturated heterocycles. The minimum atomic E-state index is 0.399. The van der Waals surface area contributed by atoms with Gasteiger partial charge in [0.2, 0.25) is 4.77 Å². The molecule has 1 aromatic heterocycles. The van der Waals surface area contributed by atoms with E-state index in [0.29, 0.717) is 22.1 Å². The van der Waals surface area contributed by atoms with Crippen molar-refractivity contribution >= 4 is 34.4 Å². The average molecular weight is 419 g/mol. The SMILES string of the molecule is COc1ccc(-c2n[nH]c(=S)n2/N=C\c2cccc(Br)c2)cc1OC. The molecule has 0 atom stereocenters. The highest BCUT2D eigenvalue weighted by Gasteiger charge is 2.12. The van der Waals surface area contributed by atoms with Crippen LogP contribution in [-0.2, 0) is 0 Å². The Bertz CT molecular complexity index is 981. The van der Waals surface area contributed by atoms with Crippen LogP contribution in [0.2, 0.25) is 0 Å². The van der Waals surface area contributed by atoms with E-state index < -0.39 is 0 Å². The van der Waals surface area contributed by atoms with Crippen molar-refractivity contribution in [1.82, 2.24) is 14.9 Å². The Morgan fingerprint density at radius 3 is 2.68 bits per heavy atom. The van der Waals surface area contributed by atoms with E-state index in [2.05, 4.69) is 31.2 Å². The molecule has 25 heavy (non-hydrogen) atoms. The highest BCUT2D eigenvalue weighted by Crippen LogP contribution is 2.31. The first-order chi connectivity index (χ1) is 12.1. The number of ether oxygens (including phenoxy) is 2. The number of halogens is 1. The first kappa shape index (κ1) is 17.4. The van der Waals surface area contributed by atoms with Gasteiger partial charge < -0.3 is 9.47 Å². The van der Waals surface area contributed by atoms with Crippen molar-refractivity contribution < 1.29 is 9.47 Å². The number of methoxy groups -OCH3 is 2. The normalized spacial score (nSPS) is 11.0. The van der Waals surface area contributed by atoms with E-state index in [0.717, 1.165) is 15.6 Å². The predicted molar refractivity (Wildman–Crippen MR) is 103 cm³/mol. The van der Waals surface area contributed by atoms with Crippen LogP contribution in [0.4, 0.5) is 0 Å². The number of aromatic amines is 1. The largest absolute Gasteiger partial charge is 0.493 e. The van der Waals surface area contributed by atoms with E-state index >= 15 is 0 Å². The van der Waals surface area contributed by atoms with Crippen molar-refractivity contribution in [3.63, 3.8) is 0 Å². The molecule has 8 heteroatoms. The van der Waals surface area contributed by atoms with Crippen molar-refractivity contribution in [2.45, 2.75) is 0 Å². The Hall–Kier alpha value is -2.45. The Labute approximate surface area is 158 Å². The van der Waals surface area contributed by atoms with Gasteiger partial charge in [0.15, 0.2) is 17.3 Å². The fourth-order valence-corrected chi connectivity index (χ4v) is 2.87. The molecule has 0 saturated carbocycles. The average Bonchev–Trinajstić information content (AvgIpc) is 3.00. The Balaban J connectivity index is 2.01. The third-order valence-corrected chi connectivity index (χ3v) is 4.22. The topological polar surface area (TPSA) is 64.4 Å². The van der Waals surface area contributed by atoms with Crippen LogP contribution in [0.5, 0.6) is 11.5 Å². The lowest BCUT2D eigenvalue weighted by Gasteiger charge is -2.09. The molecule has 0 radical (unpaired) electrons. The predicted octanol–water partition coefficient (Wildman–Crippen LogP) is 4.27. The zero-order valence-electron chi connectivity index (χ0n) is 13.6. The van der Waals surface area contributed by atoms with Crippen LogP contribution in [0.1, 0.15) is 5.56 Å². The highest BCUT2D eigenvalue weighted by molar-refractivity contribution is 9.10. The smallest absolute Gasteiger partial charge is 0.216 e. The summed E-state index contributed by atoms with van der Waals surface area (Å²) < 4.78 is 13.6. The molecule has 1 heterocycles. The third-order valence-electron chi connectivity index (χ3n) is 3.46. The third kappa shape index (κ3) is 3.80. The Morgan fingerprint density at radius 1 is 1.16 bits per heavy atom. The number of H-pyrrole nitrogens is 1. The number of benzene rings is 2. The Kier molecular flexibility index (Phi) is 5.30. The zero-order chi connectivity index (χ0) is 17.8. The molecule has 0 unspecified atom stereocenters. The maximum Gasteiger partial charge on any atom is 0.216 e. The second-order valence-electron chi connectivity index (χ2n) is 5.03. The lowest BCUT2D eigenvalue weighted by molar-refractivity contribution is 0.355. The van der Waals surface area contributed by atoms with E-state index in [9.17, 15) is 0 Å². The van der Waals surface area contributed by atoms with E-state index in [1.54, 1.807) is 25.1 Å².